The quantitative estimate of drug-likeness (QED) is 0.172. The van der Waals surface area contributed by atoms with E-state index in [0.29, 0.717) is 6.54 Å². The second-order valence-corrected chi connectivity index (χ2v) is 12.6. The monoisotopic (exact) mass is 633 g/mol. The Morgan fingerprint density at radius 1 is 0.844 bits per heavy atom. The second-order valence-electron chi connectivity index (χ2n) is 10.8. The first-order valence-corrected chi connectivity index (χ1v) is 16.2. The first kappa shape index (κ1) is 33.3. The van der Waals surface area contributed by atoms with Gasteiger partial charge in [-0.25, -0.2) is 17.2 Å². The maximum Gasteiger partial charge on any atom is 0.264 e. The van der Waals surface area contributed by atoms with Gasteiger partial charge in [-0.3, -0.25) is 13.9 Å². The third-order valence-electron chi connectivity index (χ3n) is 7.40. The van der Waals surface area contributed by atoms with Gasteiger partial charge in [-0.2, -0.15) is 0 Å². The number of amides is 2. The van der Waals surface area contributed by atoms with Crippen LogP contribution in [0.25, 0.3) is 0 Å². The predicted molar refractivity (Wildman–Crippen MR) is 171 cm³/mol. The van der Waals surface area contributed by atoms with E-state index in [4.69, 9.17) is 0 Å². The minimum absolute atomic E-state index is 0.0585. The number of carbonyl (C=O) groups is 2. The SMILES string of the molecule is CCCCNC(=O)C(Cc1ccccc1)N(Cc1ccccc1F)C(=O)CN(c1ccc(F)cc1)S(=O)(=O)c1ccc(C)cc1. The summed E-state index contributed by atoms with van der Waals surface area (Å²) >= 11 is 0. The molecule has 0 bridgehead atoms. The highest BCUT2D eigenvalue weighted by molar-refractivity contribution is 7.92. The van der Waals surface area contributed by atoms with Crippen LogP contribution in [-0.4, -0.2) is 44.3 Å². The summed E-state index contributed by atoms with van der Waals surface area (Å²) in [5.74, 6) is -2.31. The van der Waals surface area contributed by atoms with Crippen molar-refractivity contribution in [2.75, 3.05) is 17.4 Å². The van der Waals surface area contributed by atoms with Crippen molar-refractivity contribution in [1.82, 2.24) is 10.2 Å². The number of carbonyl (C=O) groups excluding carboxylic acids is 2. The molecular weight excluding hydrogens is 596 g/mol. The van der Waals surface area contributed by atoms with E-state index >= 15 is 0 Å². The van der Waals surface area contributed by atoms with Crippen LogP contribution in [0.3, 0.4) is 0 Å². The van der Waals surface area contributed by atoms with Crippen LogP contribution >= 0.6 is 0 Å². The van der Waals surface area contributed by atoms with Gasteiger partial charge in [0.25, 0.3) is 10.0 Å². The van der Waals surface area contributed by atoms with Gasteiger partial charge in [0, 0.05) is 25.1 Å². The predicted octanol–water partition coefficient (Wildman–Crippen LogP) is 6.02. The van der Waals surface area contributed by atoms with E-state index < -0.39 is 46.1 Å². The van der Waals surface area contributed by atoms with Crippen LogP contribution < -0.4 is 9.62 Å². The minimum atomic E-state index is -4.33. The summed E-state index contributed by atoms with van der Waals surface area (Å²) in [6.45, 7) is 3.18. The summed E-state index contributed by atoms with van der Waals surface area (Å²) in [6, 6.07) is 24.8. The standard InChI is InChI=1S/C35H37F2N3O4S/c1-3-4-22-38-35(42)33(23-27-10-6-5-7-11-27)39(24-28-12-8-9-13-32(28)37)34(41)25-40(30-18-16-29(36)17-19-30)45(43,44)31-20-14-26(2)15-21-31/h5-21,33H,3-4,22-25H2,1-2H3,(H,38,42). The number of nitrogens with zero attached hydrogens (tertiary/aromatic N) is 2. The van der Waals surface area contributed by atoms with Crippen LogP contribution in [-0.2, 0) is 32.6 Å². The topological polar surface area (TPSA) is 86.8 Å². The zero-order chi connectivity index (χ0) is 32.4. The molecule has 0 spiro atoms. The molecule has 0 fully saturated rings. The van der Waals surface area contributed by atoms with Gasteiger partial charge in [0.05, 0.1) is 10.6 Å². The van der Waals surface area contributed by atoms with Gasteiger partial charge in [0.1, 0.15) is 24.2 Å². The van der Waals surface area contributed by atoms with Crippen molar-refractivity contribution in [3.05, 3.63) is 131 Å². The number of unbranched alkanes of at least 4 members (excludes halogenated alkanes) is 1. The van der Waals surface area contributed by atoms with Crippen LogP contribution in [0.5, 0.6) is 0 Å². The van der Waals surface area contributed by atoms with Crippen LogP contribution in [0.15, 0.2) is 108 Å². The molecule has 0 saturated carbocycles. The lowest BCUT2D eigenvalue weighted by molar-refractivity contribution is -0.140. The number of nitrogens with one attached hydrogen (secondary N) is 1. The highest BCUT2D eigenvalue weighted by Gasteiger charge is 2.35. The van der Waals surface area contributed by atoms with Gasteiger partial charge in [0.15, 0.2) is 0 Å². The van der Waals surface area contributed by atoms with Crippen molar-refractivity contribution in [2.24, 2.45) is 0 Å². The highest BCUT2D eigenvalue weighted by Crippen LogP contribution is 2.26. The van der Waals surface area contributed by atoms with Gasteiger partial charge in [-0.05, 0) is 61.4 Å². The molecule has 0 aliphatic rings. The van der Waals surface area contributed by atoms with E-state index in [1.54, 1.807) is 18.2 Å². The van der Waals surface area contributed by atoms with Crippen LogP contribution in [0.4, 0.5) is 14.5 Å². The molecular formula is C35H37F2N3O4S. The Hall–Kier alpha value is -4.57. The van der Waals surface area contributed by atoms with Crippen LogP contribution in [0.1, 0.15) is 36.5 Å². The molecule has 0 aliphatic heterocycles. The summed E-state index contributed by atoms with van der Waals surface area (Å²) in [4.78, 5) is 29.2. The number of sulfonamides is 1. The molecule has 0 heterocycles. The van der Waals surface area contributed by atoms with E-state index in [2.05, 4.69) is 5.32 Å². The van der Waals surface area contributed by atoms with Crippen molar-refractivity contribution >= 4 is 27.5 Å². The molecule has 0 aliphatic carbocycles. The summed E-state index contributed by atoms with van der Waals surface area (Å²) in [7, 11) is -4.33. The van der Waals surface area contributed by atoms with E-state index in [1.165, 1.54) is 47.4 Å². The van der Waals surface area contributed by atoms with Crippen LogP contribution in [0.2, 0.25) is 0 Å². The van der Waals surface area contributed by atoms with Crippen molar-refractivity contribution < 1.29 is 26.8 Å². The second kappa shape index (κ2) is 15.4. The highest BCUT2D eigenvalue weighted by atomic mass is 32.2. The molecule has 4 aromatic carbocycles. The first-order chi connectivity index (χ1) is 21.6. The normalized spacial score (nSPS) is 11.9. The summed E-state index contributed by atoms with van der Waals surface area (Å²) in [5, 5.41) is 2.89. The number of halogens is 2. The van der Waals surface area contributed by atoms with Crippen molar-refractivity contribution in [1.29, 1.82) is 0 Å². The fraction of sp³-hybridized carbons (Fsp3) is 0.257. The Morgan fingerprint density at radius 3 is 2.13 bits per heavy atom. The van der Waals surface area contributed by atoms with Crippen LogP contribution in [0, 0.1) is 18.6 Å². The lowest BCUT2D eigenvalue weighted by Gasteiger charge is -2.34. The Morgan fingerprint density at radius 2 is 1.49 bits per heavy atom. The Balaban J connectivity index is 1.79. The molecule has 0 saturated heterocycles. The van der Waals surface area contributed by atoms with Gasteiger partial charge < -0.3 is 10.2 Å². The summed E-state index contributed by atoms with van der Waals surface area (Å²) in [6.07, 6.45) is 1.67. The number of anilines is 1. The minimum Gasteiger partial charge on any atom is -0.354 e. The Labute approximate surface area is 263 Å². The van der Waals surface area contributed by atoms with Crippen molar-refractivity contribution in [2.45, 2.75) is 50.6 Å². The first-order valence-electron chi connectivity index (χ1n) is 14.8. The number of rotatable bonds is 14. The molecule has 0 aromatic heterocycles. The van der Waals surface area contributed by atoms with Gasteiger partial charge in [-0.1, -0.05) is 79.6 Å². The Bertz CT molecular complexity index is 1680. The molecule has 236 valence electrons. The third-order valence-corrected chi connectivity index (χ3v) is 9.19. The lowest BCUT2D eigenvalue weighted by Crippen LogP contribution is -2.53. The average molecular weight is 634 g/mol. The van der Waals surface area contributed by atoms with Gasteiger partial charge in [-0.15, -0.1) is 0 Å². The van der Waals surface area contributed by atoms with Crippen molar-refractivity contribution in [3.63, 3.8) is 0 Å². The lowest BCUT2D eigenvalue weighted by atomic mass is 10.0. The van der Waals surface area contributed by atoms with Gasteiger partial charge in [0.2, 0.25) is 11.8 Å². The third kappa shape index (κ3) is 8.76. The number of aryl methyl sites for hydroxylation is 1. The molecule has 1 N–H and O–H groups in total. The molecule has 45 heavy (non-hydrogen) atoms. The molecule has 0 radical (unpaired) electrons. The largest absolute Gasteiger partial charge is 0.354 e. The molecule has 4 aromatic rings. The van der Waals surface area contributed by atoms with E-state index in [1.807, 2.05) is 44.2 Å². The maximum atomic E-state index is 15.0. The molecule has 1 atom stereocenters. The summed E-state index contributed by atoms with van der Waals surface area (Å²) in [5.41, 5.74) is 1.83. The van der Waals surface area contributed by atoms with E-state index in [0.717, 1.165) is 40.4 Å². The Kier molecular flexibility index (Phi) is 11.4. The number of hydrogen-bond donors (Lipinski definition) is 1. The maximum absolute atomic E-state index is 15.0. The summed E-state index contributed by atoms with van der Waals surface area (Å²) < 4.78 is 57.7. The molecule has 10 heteroatoms. The van der Waals surface area contributed by atoms with E-state index in [-0.39, 0.29) is 29.1 Å². The fourth-order valence-corrected chi connectivity index (χ4v) is 6.26. The number of hydrogen-bond acceptors (Lipinski definition) is 4. The smallest absolute Gasteiger partial charge is 0.264 e. The van der Waals surface area contributed by atoms with Gasteiger partial charge >= 0.3 is 0 Å². The zero-order valence-corrected chi connectivity index (χ0v) is 26.1. The average Bonchev–Trinajstić information content (AvgIpc) is 3.03. The molecule has 1 unspecified atom stereocenters. The molecule has 7 nitrogen and oxygen atoms in total. The molecule has 2 amide bonds. The fourth-order valence-electron chi connectivity index (χ4n) is 4.84. The molecule has 4 rings (SSSR count). The zero-order valence-electron chi connectivity index (χ0n) is 25.3. The number of benzene rings is 4. The van der Waals surface area contributed by atoms with Crippen molar-refractivity contribution in [3.8, 4) is 0 Å². The van der Waals surface area contributed by atoms with E-state index in [9.17, 15) is 26.8 Å².